The molecule has 0 aliphatic heterocycles. The van der Waals surface area contributed by atoms with E-state index in [2.05, 4.69) is 4.98 Å². The predicted molar refractivity (Wildman–Crippen MR) is 117 cm³/mol. The van der Waals surface area contributed by atoms with Crippen LogP contribution >= 0.6 is 23.2 Å². The molecule has 1 unspecified atom stereocenters. The van der Waals surface area contributed by atoms with Gasteiger partial charge in [0.25, 0.3) is 5.91 Å². The molecule has 6 nitrogen and oxygen atoms in total. The number of hydrogen-bond donors (Lipinski definition) is 1. The second-order valence-corrected chi connectivity index (χ2v) is 7.57. The van der Waals surface area contributed by atoms with Crippen LogP contribution in [-0.2, 0) is 17.9 Å². The van der Waals surface area contributed by atoms with E-state index >= 15 is 0 Å². The van der Waals surface area contributed by atoms with E-state index in [1.807, 2.05) is 34.9 Å². The van der Waals surface area contributed by atoms with Crippen molar-refractivity contribution in [3.63, 3.8) is 0 Å². The van der Waals surface area contributed by atoms with Gasteiger partial charge in [-0.2, -0.15) is 0 Å². The fourth-order valence-corrected chi connectivity index (χ4v) is 3.27. The van der Waals surface area contributed by atoms with Crippen molar-refractivity contribution in [1.82, 2.24) is 9.55 Å². The largest absolute Gasteiger partial charge is 0.492 e. The number of carbonyl (C=O) groups is 1. The van der Waals surface area contributed by atoms with Gasteiger partial charge in [0.05, 0.1) is 30.7 Å². The number of amides is 1. The zero-order valence-electron chi connectivity index (χ0n) is 16.3. The predicted octanol–water partition coefficient (Wildman–Crippen LogP) is 4.73. The van der Waals surface area contributed by atoms with Gasteiger partial charge in [-0.1, -0.05) is 59.6 Å². The lowest BCUT2D eigenvalue weighted by Gasteiger charge is -2.19. The van der Waals surface area contributed by atoms with Crippen LogP contribution in [0.3, 0.4) is 0 Å². The molecular weight excluding hydrogens is 425 g/mol. The van der Waals surface area contributed by atoms with Crippen molar-refractivity contribution in [2.45, 2.75) is 32.1 Å². The highest BCUT2D eigenvalue weighted by molar-refractivity contribution is 6.42. The third kappa shape index (κ3) is 6.49. The monoisotopic (exact) mass is 447 g/mol. The highest BCUT2D eigenvalue weighted by Gasteiger charge is 2.13. The Labute approximate surface area is 185 Å². The molecule has 158 valence electrons. The first-order valence-corrected chi connectivity index (χ1v) is 10.3. The molecule has 0 bridgehead atoms. The number of primary amides is 1. The van der Waals surface area contributed by atoms with E-state index in [9.17, 15) is 4.79 Å². The molecule has 1 atom stereocenters. The van der Waals surface area contributed by atoms with E-state index in [1.165, 1.54) is 0 Å². The Hall–Kier alpha value is -2.54. The van der Waals surface area contributed by atoms with E-state index in [1.54, 1.807) is 30.7 Å². The van der Waals surface area contributed by atoms with Crippen molar-refractivity contribution in [2.75, 3.05) is 6.61 Å². The molecule has 1 aromatic heterocycles. The van der Waals surface area contributed by atoms with E-state index < -0.39 is 5.91 Å². The summed E-state index contributed by atoms with van der Waals surface area (Å²) in [6.07, 6.45) is 4.61. The summed E-state index contributed by atoms with van der Waals surface area (Å²) in [6.45, 7) is 1.51. The van der Waals surface area contributed by atoms with Gasteiger partial charge >= 0.3 is 0 Å². The fraction of sp³-hybridized carbons (Fsp3) is 0.273. The van der Waals surface area contributed by atoms with Crippen LogP contribution in [0.4, 0.5) is 0 Å². The van der Waals surface area contributed by atoms with Gasteiger partial charge < -0.3 is 19.8 Å². The number of imidazole rings is 1. The smallest absolute Gasteiger partial charge is 0.268 e. The average molecular weight is 448 g/mol. The summed E-state index contributed by atoms with van der Waals surface area (Å²) in [4.78, 5) is 15.3. The van der Waals surface area contributed by atoms with Crippen molar-refractivity contribution in [3.05, 3.63) is 82.4 Å². The SMILES string of the molecule is NC(=O)c1cn(CC(CCCOc2cccc(Cl)c2Cl)OCc2ccccc2)cn1. The molecule has 0 fully saturated rings. The summed E-state index contributed by atoms with van der Waals surface area (Å²) in [6, 6.07) is 15.3. The topological polar surface area (TPSA) is 79.4 Å². The number of carbonyl (C=O) groups excluding carboxylic acids is 1. The second kappa shape index (κ2) is 11.0. The molecule has 2 aromatic carbocycles. The van der Waals surface area contributed by atoms with Crippen LogP contribution in [0.5, 0.6) is 5.75 Å². The lowest BCUT2D eigenvalue weighted by molar-refractivity contribution is 0.0203. The molecule has 2 N–H and O–H groups in total. The minimum atomic E-state index is -0.553. The lowest BCUT2D eigenvalue weighted by atomic mass is 10.2. The maximum Gasteiger partial charge on any atom is 0.268 e. The molecule has 3 rings (SSSR count). The summed E-state index contributed by atoms with van der Waals surface area (Å²) in [5, 5.41) is 0.872. The maximum absolute atomic E-state index is 11.3. The van der Waals surface area contributed by atoms with E-state index in [0.29, 0.717) is 35.6 Å². The number of ether oxygens (including phenoxy) is 2. The molecule has 0 saturated heterocycles. The number of hydrogen-bond acceptors (Lipinski definition) is 4. The summed E-state index contributed by atoms with van der Waals surface area (Å²) in [5.41, 5.74) is 6.61. The molecule has 1 heterocycles. The van der Waals surface area contributed by atoms with Crippen LogP contribution < -0.4 is 10.5 Å². The Morgan fingerprint density at radius 2 is 1.93 bits per heavy atom. The summed E-state index contributed by atoms with van der Waals surface area (Å²) in [7, 11) is 0. The number of nitrogens with two attached hydrogens (primary N) is 1. The van der Waals surface area contributed by atoms with Gasteiger partial charge in [0.2, 0.25) is 0 Å². The first kappa shape index (κ1) is 22.2. The molecule has 0 aliphatic rings. The van der Waals surface area contributed by atoms with Crippen LogP contribution in [0.25, 0.3) is 0 Å². The van der Waals surface area contributed by atoms with Crippen molar-refractivity contribution in [3.8, 4) is 5.75 Å². The Bertz CT molecular complexity index is 963. The molecule has 3 aromatic rings. The van der Waals surface area contributed by atoms with Crippen molar-refractivity contribution < 1.29 is 14.3 Å². The third-order valence-corrected chi connectivity index (χ3v) is 5.27. The quantitative estimate of drug-likeness (QED) is 0.430. The highest BCUT2D eigenvalue weighted by Crippen LogP contribution is 2.31. The molecule has 0 radical (unpaired) electrons. The molecule has 0 spiro atoms. The van der Waals surface area contributed by atoms with Crippen molar-refractivity contribution in [1.29, 1.82) is 0 Å². The second-order valence-electron chi connectivity index (χ2n) is 6.78. The number of aromatic nitrogens is 2. The van der Waals surface area contributed by atoms with Crippen LogP contribution in [0.1, 0.15) is 28.9 Å². The number of halogens is 2. The van der Waals surface area contributed by atoms with Crippen molar-refractivity contribution >= 4 is 29.1 Å². The molecule has 0 aliphatic carbocycles. The maximum atomic E-state index is 11.3. The van der Waals surface area contributed by atoms with Gasteiger partial charge in [-0.15, -0.1) is 0 Å². The fourth-order valence-electron chi connectivity index (χ4n) is 2.93. The molecule has 1 amide bonds. The minimum absolute atomic E-state index is 0.0986. The third-order valence-electron chi connectivity index (χ3n) is 4.47. The van der Waals surface area contributed by atoms with Crippen LogP contribution in [-0.4, -0.2) is 28.2 Å². The Morgan fingerprint density at radius 1 is 1.13 bits per heavy atom. The van der Waals surface area contributed by atoms with Gasteiger partial charge in [-0.3, -0.25) is 4.79 Å². The molecule has 0 saturated carbocycles. The number of rotatable bonds is 11. The Balaban J connectivity index is 1.56. The Kier molecular flexibility index (Phi) is 8.13. The number of nitrogens with zero attached hydrogens (tertiary/aromatic N) is 2. The zero-order chi connectivity index (χ0) is 21.3. The average Bonchev–Trinajstić information content (AvgIpc) is 3.22. The zero-order valence-corrected chi connectivity index (χ0v) is 17.9. The molecular formula is C22H23Cl2N3O3. The first-order chi connectivity index (χ1) is 14.5. The summed E-state index contributed by atoms with van der Waals surface area (Å²) < 4.78 is 13.7. The van der Waals surface area contributed by atoms with Crippen LogP contribution in [0.2, 0.25) is 10.0 Å². The number of benzene rings is 2. The lowest BCUT2D eigenvalue weighted by Crippen LogP contribution is -2.21. The standard InChI is InChI=1S/C22H23Cl2N3O3/c23-18-9-4-10-20(21(18)24)29-11-5-8-17(30-14-16-6-2-1-3-7-16)12-27-13-19(22(25)28)26-15-27/h1-4,6-7,9-10,13,15,17H,5,8,11-12,14H2,(H2,25,28). The first-order valence-electron chi connectivity index (χ1n) is 9.57. The molecule has 8 heteroatoms. The van der Waals surface area contributed by atoms with Gasteiger partial charge in [0.1, 0.15) is 16.5 Å². The van der Waals surface area contributed by atoms with Crippen LogP contribution in [0, 0.1) is 0 Å². The van der Waals surface area contributed by atoms with Gasteiger partial charge in [0.15, 0.2) is 0 Å². The van der Waals surface area contributed by atoms with E-state index in [-0.39, 0.29) is 11.8 Å². The van der Waals surface area contributed by atoms with E-state index in [0.717, 1.165) is 18.4 Å². The van der Waals surface area contributed by atoms with Gasteiger partial charge in [-0.25, -0.2) is 4.98 Å². The normalized spacial score (nSPS) is 11.9. The minimum Gasteiger partial charge on any atom is -0.492 e. The van der Waals surface area contributed by atoms with Gasteiger partial charge in [0, 0.05) is 12.7 Å². The van der Waals surface area contributed by atoms with Crippen molar-refractivity contribution in [2.24, 2.45) is 5.73 Å². The van der Waals surface area contributed by atoms with E-state index in [4.69, 9.17) is 38.4 Å². The summed E-state index contributed by atoms with van der Waals surface area (Å²) in [5.74, 6) is 0.00827. The summed E-state index contributed by atoms with van der Waals surface area (Å²) >= 11 is 12.2. The Morgan fingerprint density at radius 3 is 2.67 bits per heavy atom. The highest BCUT2D eigenvalue weighted by atomic mass is 35.5. The van der Waals surface area contributed by atoms with Crippen LogP contribution in [0.15, 0.2) is 61.1 Å². The molecule has 30 heavy (non-hydrogen) atoms. The van der Waals surface area contributed by atoms with Gasteiger partial charge in [-0.05, 0) is 30.5 Å².